The minimum atomic E-state index is -0.281. The Morgan fingerprint density at radius 3 is 2.67 bits per heavy atom. The molecule has 1 unspecified atom stereocenters. The number of carbonyl (C=O) groups excluding carboxylic acids is 1. The van der Waals surface area contributed by atoms with Crippen LogP contribution in [0.3, 0.4) is 0 Å². The van der Waals surface area contributed by atoms with Gasteiger partial charge in [0.1, 0.15) is 0 Å². The molecule has 93 valence electrons. The molecule has 0 saturated heterocycles. The zero-order valence-electron chi connectivity index (χ0n) is 9.97. The van der Waals surface area contributed by atoms with Crippen LogP contribution in [0.15, 0.2) is 24.3 Å². The van der Waals surface area contributed by atoms with Crippen molar-refractivity contribution < 1.29 is 4.79 Å². The highest BCUT2D eigenvalue weighted by molar-refractivity contribution is 5.60. The van der Waals surface area contributed by atoms with Gasteiger partial charge in [-0.1, -0.05) is 24.3 Å². The Kier molecular flexibility index (Phi) is 3.69. The van der Waals surface area contributed by atoms with E-state index in [1.807, 2.05) is 30.6 Å². The topological polar surface area (TPSA) is 96.7 Å². The van der Waals surface area contributed by atoms with E-state index in [1.54, 1.807) is 7.05 Å². The van der Waals surface area contributed by atoms with Crippen LogP contribution in [-0.2, 0) is 11.2 Å². The Morgan fingerprint density at radius 1 is 1.44 bits per heavy atom. The average molecular weight is 244 g/mol. The zero-order chi connectivity index (χ0) is 13.0. The first kappa shape index (κ1) is 12.3. The van der Waals surface area contributed by atoms with E-state index in [0.717, 1.165) is 11.1 Å². The molecule has 0 bridgehead atoms. The normalized spacial score (nSPS) is 12.3. The molecule has 1 radical (unpaired) electrons. The van der Waals surface area contributed by atoms with Crippen molar-refractivity contribution in [3.63, 3.8) is 0 Å². The molecule has 6 nitrogen and oxygen atoms in total. The van der Waals surface area contributed by atoms with Gasteiger partial charge in [0, 0.05) is 5.56 Å². The molecular formula is C12H14N5O. The van der Waals surface area contributed by atoms with Gasteiger partial charge in [0.05, 0.1) is 6.04 Å². The molecular weight excluding hydrogens is 230 g/mol. The van der Waals surface area contributed by atoms with Crippen LogP contribution in [-0.4, -0.2) is 34.6 Å². The molecule has 6 heteroatoms. The summed E-state index contributed by atoms with van der Waals surface area (Å²) in [5.41, 5.74) is 7.39. The first-order chi connectivity index (χ1) is 8.72. The molecule has 0 saturated carbocycles. The van der Waals surface area contributed by atoms with Crippen LogP contribution in [0.25, 0.3) is 11.4 Å². The van der Waals surface area contributed by atoms with Gasteiger partial charge in [0.15, 0.2) is 5.82 Å². The third-order valence-corrected chi connectivity index (χ3v) is 2.66. The molecule has 1 aromatic heterocycles. The maximum Gasteiger partial charge on any atom is 0.239 e. The molecule has 2 rings (SSSR count). The molecule has 0 aliphatic heterocycles. The number of aromatic nitrogens is 3. The van der Waals surface area contributed by atoms with E-state index in [2.05, 4.69) is 20.5 Å². The van der Waals surface area contributed by atoms with Gasteiger partial charge in [-0.05, 0) is 19.0 Å². The summed E-state index contributed by atoms with van der Waals surface area (Å²) in [7, 11) is 1.74. The van der Waals surface area contributed by atoms with Gasteiger partial charge in [-0.25, -0.2) is 0 Å². The Bertz CT molecular complexity index is 520. The zero-order valence-corrected chi connectivity index (χ0v) is 9.97. The third-order valence-electron chi connectivity index (χ3n) is 2.66. The van der Waals surface area contributed by atoms with Gasteiger partial charge in [0.25, 0.3) is 0 Å². The highest BCUT2D eigenvalue weighted by Crippen LogP contribution is 2.16. The highest BCUT2D eigenvalue weighted by Gasteiger charge is 2.07. The standard InChI is InChI=1S/C12H14N5O/c1-14-10(7-18)6-8-2-4-9(5-3-8)11-15-12(13)17-16-11/h2-5,10,14H,6H2,1H3,(H3,13,15,16,17). The first-order valence-electron chi connectivity index (χ1n) is 5.55. The lowest BCUT2D eigenvalue weighted by Gasteiger charge is -2.08. The molecule has 2 aromatic rings. The van der Waals surface area contributed by atoms with Crippen LogP contribution >= 0.6 is 0 Å². The summed E-state index contributed by atoms with van der Waals surface area (Å²) < 4.78 is 0. The SMILES string of the molecule is CNC([C]=O)Cc1ccc(-c2nc(N)n[nH]2)cc1. The molecule has 1 heterocycles. The fraction of sp³-hybridized carbons (Fsp3) is 0.250. The lowest BCUT2D eigenvalue weighted by atomic mass is 10.0. The number of hydrogen-bond acceptors (Lipinski definition) is 5. The van der Waals surface area contributed by atoms with Crippen LogP contribution in [0.5, 0.6) is 0 Å². The maximum absolute atomic E-state index is 10.6. The predicted molar refractivity (Wildman–Crippen MR) is 68.5 cm³/mol. The van der Waals surface area contributed by atoms with Crippen molar-refractivity contribution in [2.45, 2.75) is 12.5 Å². The number of anilines is 1. The van der Waals surface area contributed by atoms with Crippen LogP contribution < -0.4 is 11.1 Å². The van der Waals surface area contributed by atoms with Crippen LogP contribution in [0, 0.1) is 0 Å². The van der Waals surface area contributed by atoms with Gasteiger partial charge < -0.3 is 11.1 Å². The van der Waals surface area contributed by atoms with Crippen molar-refractivity contribution >= 4 is 12.2 Å². The van der Waals surface area contributed by atoms with Crippen LogP contribution in [0.2, 0.25) is 0 Å². The number of nitrogens with two attached hydrogens (primary N) is 1. The smallest absolute Gasteiger partial charge is 0.239 e. The first-order valence-corrected chi connectivity index (χ1v) is 5.55. The number of rotatable bonds is 5. The summed E-state index contributed by atoms with van der Waals surface area (Å²) in [4.78, 5) is 14.6. The Hall–Kier alpha value is -2.21. The molecule has 0 fully saturated rings. The Morgan fingerprint density at radius 2 is 2.17 bits per heavy atom. The molecule has 0 spiro atoms. The number of nitrogens with zero attached hydrogens (tertiary/aromatic N) is 2. The van der Waals surface area contributed by atoms with E-state index in [0.29, 0.717) is 12.2 Å². The van der Waals surface area contributed by atoms with Crippen molar-refractivity contribution in [1.29, 1.82) is 0 Å². The summed E-state index contributed by atoms with van der Waals surface area (Å²) in [6.07, 6.45) is 2.55. The molecule has 0 amide bonds. The summed E-state index contributed by atoms with van der Waals surface area (Å²) in [6.45, 7) is 0. The minimum Gasteiger partial charge on any atom is -0.366 e. The second-order valence-electron chi connectivity index (χ2n) is 3.90. The molecule has 18 heavy (non-hydrogen) atoms. The molecule has 0 aliphatic carbocycles. The fourth-order valence-electron chi connectivity index (χ4n) is 1.64. The van der Waals surface area contributed by atoms with E-state index >= 15 is 0 Å². The molecule has 4 N–H and O–H groups in total. The lowest BCUT2D eigenvalue weighted by molar-refractivity contribution is 0.526. The monoisotopic (exact) mass is 244 g/mol. The fourth-order valence-corrected chi connectivity index (χ4v) is 1.64. The van der Waals surface area contributed by atoms with Crippen molar-refractivity contribution in [1.82, 2.24) is 20.5 Å². The third kappa shape index (κ3) is 2.72. The number of benzene rings is 1. The Balaban J connectivity index is 2.12. The predicted octanol–water partition coefficient (Wildman–Crippen LogP) is 0.294. The maximum atomic E-state index is 10.6. The van der Waals surface area contributed by atoms with E-state index in [4.69, 9.17) is 5.73 Å². The largest absolute Gasteiger partial charge is 0.366 e. The summed E-state index contributed by atoms with van der Waals surface area (Å²) in [6, 6.07) is 7.42. The van der Waals surface area contributed by atoms with Gasteiger partial charge in [-0.3, -0.25) is 9.89 Å². The molecule has 1 aromatic carbocycles. The second-order valence-corrected chi connectivity index (χ2v) is 3.90. The van der Waals surface area contributed by atoms with E-state index in [1.165, 1.54) is 0 Å². The Labute approximate surface area is 105 Å². The van der Waals surface area contributed by atoms with Crippen molar-refractivity contribution in [2.24, 2.45) is 0 Å². The van der Waals surface area contributed by atoms with E-state index < -0.39 is 0 Å². The number of hydrogen-bond donors (Lipinski definition) is 3. The number of aromatic amines is 1. The quantitative estimate of drug-likeness (QED) is 0.702. The number of nitrogen functional groups attached to an aromatic ring is 1. The highest BCUT2D eigenvalue weighted by atomic mass is 16.1. The van der Waals surface area contributed by atoms with Crippen LogP contribution in [0.4, 0.5) is 5.95 Å². The van der Waals surface area contributed by atoms with Crippen molar-refractivity contribution in [2.75, 3.05) is 12.8 Å². The van der Waals surface area contributed by atoms with Gasteiger partial charge in [0.2, 0.25) is 12.2 Å². The number of H-pyrrole nitrogens is 1. The molecule has 0 aliphatic rings. The summed E-state index contributed by atoms with van der Waals surface area (Å²) >= 11 is 0. The van der Waals surface area contributed by atoms with Crippen LogP contribution in [0.1, 0.15) is 5.56 Å². The second kappa shape index (κ2) is 5.42. The van der Waals surface area contributed by atoms with E-state index in [9.17, 15) is 4.79 Å². The van der Waals surface area contributed by atoms with Crippen molar-refractivity contribution in [3.8, 4) is 11.4 Å². The number of nitrogens with one attached hydrogen (secondary N) is 2. The summed E-state index contributed by atoms with van der Waals surface area (Å²) in [5, 5.41) is 9.40. The van der Waals surface area contributed by atoms with E-state index in [-0.39, 0.29) is 12.0 Å². The van der Waals surface area contributed by atoms with Gasteiger partial charge >= 0.3 is 0 Å². The van der Waals surface area contributed by atoms with Crippen molar-refractivity contribution in [3.05, 3.63) is 29.8 Å². The van der Waals surface area contributed by atoms with Gasteiger partial charge in [-0.15, -0.1) is 5.10 Å². The minimum absolute atomic E-state index is 0.222. The average Bonchev–Trinajstić information content (AvgIpc) is 2.83. The lowest BCUT2D eigenvalue weighted by Crippen LogP contribution is -2.28. The molecule has 1 atom stereocenters. The summed E-state index contributed by atoms with van der Waals surface area (Å²) in [5.74, 6) is 0.853. The van der Waals surface area contributed by atoms with Gasteiger partial charge in [-0.2, -0.15) is 4.98 Å². The number of likely N-dealkylation sites (N-methyl/N-ethyl adjacent to an activating group) is 1.